The summed E-state index contributed by atoms with van der Waals surface area (Å²) < 4.78 is 0. The van der Waals surface area contributed by atoms with Gasteiger partial charge in [0.15, 0.2) is 0 Å². The minimum Gasteiger partial charge on any atom is -0.391 e. The molecule has 3 fully saturated rings. The minimum atomic E-state index is -0.0711. The van der Waals surface area contributed by atoms with Gasteiger partial charge in [0.1, 0.15) is 0 Å². The zero-order chi connectivity index (χ0) is 14.3. The summed E-state index contributed by atoms with van der Waals surface area (Å²) in [6.45, 7) is 8.44. The van der Waals surface area contributed by atoms with Crippen LogP contribution in [0.2, 0.25) is 0 Å². The van der Waals surface area contributed by atoms with Gasteiger partial charge in [-0.15, -0.1) is 0 Å². The molecule has 0 aromatic carbocycles. The maximum absolute atomic E-state index is 10.6. The Kier molecular flexibility index (Phi) is 4.16. The summed E-state index contributed by atoms with van der Waals surface area (Å²) in [6.07, 6.45) is 10.3. The Balaban J connectivity index is 1.68. The van der Waals surface area contributed by atoms with E-state index >= 15 is 0 Å². The molecule has 0 spiro atoms. The van der Waals surface area contributed by atoms with Gasteiger partial charge in [-0.2, -0.15) is 0 Å². The molecular weight excluding hydrogens is 246 g/mol. The summed E-state index contributed by atoms with van der Waals surface area (Å²) >= 11 is 0. The standard InChI is InChI=1S/C18H33NO/c1-4-18(2,3)14-7-10-17(20)16(11-14)19(15-8-9-15)12-13-5-6-13/h13-17,20H,4-12H2,1-3H3. The van der Waals surface area contributed by atoms with Gasteiger partial charge >= 0.3 is 0 Å². The molecule has 0 aromatic heterocycles. The van der Waals surface area contributed by atoms with E-state index in [9.17, 15) is 5.11 Å². The van der Waals surface area contributed by atoms with Gasteiger partial charge in [-0.3, -0.25) is 4.90 Å². The van der Waals surface area contributed by atoms with Crippen LogP contribution >= 0.6 is 0 Å². The van der Waals surface area contributed by atoms with Crippen molar-refractivity contribution in [3.05, 3.63) is 0 Å². The quantitative estimate of drug-likeness (QED) is 0.799. The molecule has 3 saturated carbocycles. The molecule has 116 valence electrons. The van der Waals surface area contributed by atoms with Crippen LogP contribution in [0, 0.1) is 17.3 Å². The first-order valence-electron chi connectivity index (χ1n) is 8.95. The second kappa shape index (κ2) is 5.61. The van der Waals surface area contributed by atoms with E-state index in [-0.39, 0.29) is 6.10 Å². The Hall–Kier alpha value is -0.0800. The molecular formula is C18H33NO. The normalized spacial score (nSPS) is 35.5. The van der Waals surface area contributed by atoms with E-state index in [4.69, 9.17) is 0 Å². The lowest BCUT2D eigenvalue weighted by atomic mass is 9.67. The van der Waals surface area contributed by atoms with Crippen LogP contribution in [0.5, 0.6) is 0 Å². The SMILES string of the molecule is CCC(C)(C)C1CCC(O)C(N(CC2CC2)C2CC2)C1. The molecule has 0 heterocycles. The lowest BCUT2D eigenvalue weighted by Crippen LogP contribution is -2.50. The summed E-state index contributed by atoms with van der Waals surface area (Å²) in [5, 5.41) is 10.6. The van der Waals surface area contributed by atoms with Gasteiger partial charge in [0, 0.05) is 18.6 Å². The monoisotopic (exact) mass is 279 g/mol. The van der Waals surface area contributed by atoms with E-state index in [1.54, 1.807) is 0 Å². The molecule has 3 aliphatic rings. The number of hydrogen-bond donors (Lipinski definition) is 1. The van der Waals surface area contributed by atoms with E-state index in [0.717, 1.165) is 24.3 Å². The van der Waals surface area contributed by atoms with Gasteiger partial charge in [0.05, 0.1) is 6.10 Å². The second-order valence-electron chi connectivity index (χ2n) is 8.36. The average molecular weight is 279 g/mol. The van der Waals surface area contributed by atoms with Crippen molar-refractivity contribution in [3.8, 4) is 0 Å². The molecule has 20 heavy (non-hydrogen) atoms. The third-order valence-electron chi connectivity index (χ3n) is 6.41. The number of rotatable bonds is 6. The summed E-state index contributed by atoms with van der Waals surface area (Å²) in [5.74, 6) is 1.74. The molecule has 1 N–H and O–H groups in total. The van der Waals surface area contributed by atoms with Crippen LogP contribution in [0.25, 0.3) is 0 Å². The van der Waals surface area contributed by atoms with Crippen molar-refractivity contribution in [2.75, 3.05) is 6.54 Å². The van der Waals surface area contributed by atoms with Gasteiger partial charge in [-0.05, 0) is 62.2 Å². The topological polar surface area (TPSA) is 23.5 Å². The Labute approximate surface area is 124 Å². The molecule has 0 aliphatic heterocycles. The van der Waals surface area contributed by atoms with Crippen molar-refractivity contribution >= 4 is 0 Å². The molecule has 0 amide bonds. The Bertz CT molecular complexity index is 332. The van der Waals surface area contributed by atoms with Crippen LogP contribution in [0.15, 0.2) is 0 Å². The first kappa shape index (κ1) is 14.8. The number of nitrogens with zero attached hydrogens (tertiary/aromatic N) is 1. The van der Waals surface area contributed by atoms with E-state index < -0.39 is 0 Å². The average Bonchev–Trinajstić information content (AvgIpc) is 3.28. The highest BCUT2D eigenvalue weighted by Crippen LogP contribution is 2.45. The van der Waals surface area contributed by atoms with Crippen LogP contribution in [-0.4, -0.2) is 34.7 Å². The van der Waals surface area contributed by atoms with Gasteiger partial charge in [0.25, 0.3) is 0 Å². The number of aliphatic hydroxyl groups excluding tert-OH is 1. The third-order valence-corrected chi connectivity index (χ3v) is 6.41. The highest BCUT2D eigenvalue weighted by molar-refractivity contribution is 4.98. The second-order valence-corrected chi connectivity index (χ2v) is 8.36. The van der Waals surface area contributed by atoms with E-state index in [2.05, 4.69) is 25.7 Å². The zero-order valence-electron chi connectivity index (χ0n) is 13.6. The maximum Gasteiger partial charge on any atom is 0.0695 e. The highest BCUT2D eigenvalue weighted by Gasteiger charge is 2.44. The Morgan fingerprint density at radius 2 is 1.75 bits per heavy atom. The molecule has 2 nitrogen and oxygen atoms in total. The van der Waals surface area contributed by atoms with E-state index in [0.29, 0.717) is 11.5 Å². The van der Waals surface area contributed by atoms with Crippen molar-refractivity contribution < 1.29 is 5.11 Å². The Morgan fingerprint density at radius 1 is 1.05 bits per heavy atom. The van der Waals surface area contributed by atoms with Crippen molar-refractivity contribution in [1.82, 2.24) is 4.90 Å². The smallest absolute Gasteiger partial charge is 0.0695 e. The molecule has 0 saturated heterocycles. The zero-order valence-corrected chi connectivity index (χ0v) is 13.6. The van der Waals surface area contributed by atoms with E-state index in [1.165, 1.54) is 51.5 Å². The van der Waals surface area contributed by atoms with Crippen molar-refractivity contribution in [3.63, 3.8) is 0 Å². The minimum absolute atomic E-state index is 0.0711. The van der Waals surface area contributed by atoms with Gasteiger partial charge in [-0.25, -0.2) is 0 Å². The first-order chi connectivity index (χ1) is 9.51. The van der Waals surface area contributed by atoms with Crippen LogP contribution < -0.4 is 0 Å². The van der Waals surface area contributed by atoms with Gasteiger partial charge in [0.2, 0.25) is 0 Å². The molecule has 0 aromatic rings. The molecule has 3 unspecified atom stereocenters. The fraction of sp³-hybridized carbons (Fsp3) is 1.00. The molecule has 3 rings (SSSR count). The van der Waals surface area contributed by atoms with Crippen LogP contribution in [0.4, 0.5) is 0 Å². The highest BCUT2D eigenvalue weighted by atomic mass is 16.3. The summed E-state index contributed by atoms with van der Waals surface area (Å²) in [5.41, 5.74) is 0.438. The first-order valence-corrected chi connectivity index (χ1v) is 8.95. The lowest BCUT2D eigenvalue weighted by molar-refractivity contribution is -0.0258. The fourth-order valence-electron chi connectivity index (χ4n) is 4.05. The summed E-state index contributed by atoms with van der Waals surface area (Å²) in [7, 11) is 0. The van der Waals surface area contributed by atoms with Crippen LogP contribution in [-0.2, 0) is 0 Å². The lowest BCUT2D eigenvalue weighted by Gasteiger charge is -2.46. The predicted molar refractivity (Wildman–Crippen MR) is 83.7 cm³/mol. The summed E-state index contributed by atoms with van der Waals surface area (Å²) in [4.78, 5) is 2.72. The molecule has 0 radical (unpaired) electrons. The molecule has 0 bridgehead atoms. The third kappa shape index (κ3) is 3.22. The number of aliphatic hydroxyl groups is 1. The van der Waals surface area contributed by atoms with E-state index in [1.807, 2.05) is 0 Å². The van der Waals surface area contributed by atoms with Crippen molar-refractivity contribution in [2.24, 2.45) is 17.3 Å². The number of hydrogen-bond acceptors (Lipinski definition) is 2. The molecule has 3 aliphatic carbocycles. The summed E-state index contributed by atoms with van der Waals surface area (Å²) in [6, 6.07) is 1.26. The Morgan fingerprint density at radius 3 is 2.30 bits per heavy atom. The van der Waals surface area contributed by atoms with Crippen molar-refractivity contribution in [2.45, 2.75) is 90.3 Å². The van der Waals surface area contributed by atoms with Crippen LogP contribution in [0.3, 0.4) is 0 Å². The van der Waals surface area contributed by atoms with Gasteiger partial charge in [-0.1, -0.05) is 27.2 Å². The van der Waals surface area contributed by atoms with Crippen molar-refractivity contribution in [1.29, 1.82) is 0 Å². The van der Waals surface area contributed by atoms with Gasteiger partial charge < -0.3 is 5.11 Å². The maximum atomic E-state index is 10.6. The fourth-order valence-corrected chi connectivity index (χ4v) is 4.05. The largest absolute Gasteiger partial charge is 0.391 e. The molecule has 2 heteroatoms. The molecule has 3 atom stereocenters. The predicted octanol–water partition coefficient (Wildman–Crippen LogP) is 3.83. The van der Waals surface area contributed by atoms with Crippen LogP contribution in [0.1, 0.15) is 72.1 Å².